The van der Waals surface area contributed by atoms with Crippen LogP contribution in [0.25, 0.3) is 0 Å². The van der Waals surface area contributed by atoms with Gasteiger partial charge in [-0.3, -0.25) is 0 Å². The predicted octanol–water partition coefficient (Wildman–Crippen LogP) is 3.62. The minimum atomic E-state index is 0.316. The molecule has 1 aliphatic heterocycles. The van der Waals surface area contributed by atoms with Crippen molar-refractivity contribution >= 4 is 11.8 Å². The molecule has 1 heterocycles. The summed E-state index contributed by atoms with van der Waals surface area (Å²) in [6.07, 6.45) is 2.97. The third-order valence-electron chi connectivity index (χ3n) is 4.03. The van der Waals surface area contributed by atoms with Gasteiger partial charge in [-0.1, -0.05) is 6.92 Å². The van der Waals surface area contributed by atoms with E-state index in [0.29, 0.717) is 23.4 Å². The van der Waals surface area contributed by atoms with Gasteiger partial charge in [0, 0.05) is 16.4 Å². The Morgan fingerprint density at radius 1 is 1.24 bits per heavy atom. The highest BCUT2D eigenvalue weighted by molar-refractivity contribution is 7.99. The van der Waals surface area contributed by atoms with Crippen LogP contribution >= 0.6 is 11.8 Å². The van der Waals surface area contributed by atoms with Crippen LogP contribution in [0.15, 0.2) is 11.3 Å². The highest BCUT2D eigenvalue weighted by atomic mass is 32.2. The molecule has 2 unspecified atom stereocenters. The van der Waals surface area contributed by atoms with Crippen LogP contribution in [0.3, 0.4) is 0 Å². The van der Waals surface area contributed by atoms with Crippen LogP contribution in [0.2, 0.25) is 0 Å². The van der Waals surface area contributed by atoms with Gasteiger partial charge in [0.25, 0.3) is 0 Å². The summed E-state index contributed by atoms with van der Waals surface area (Å²) in [5.74, 6) is 2.27. The Morgan fingerprint density at radius 2 is 1.94 bits per heavy atom. The highest BCUT2D eigenvalue weighted by Gasteiger charge is 2.44. The molecule has 2 atom stereocenters. The topological polar surface area (TPSA) is 18.5 Å². The van der Waals surface area contributed by atoms with Gasteiger partial charge in [0.05, 0.1) is 25.1 Å². The van der Waals surface area contributed by atoms with Crippen molar-refractivity contribution < 1.29 is 9.47 Å². The first kappa shape index (κ1) is 13.3. The van der Waals surface area contributed by atoms with E-state index in [1.165, 1.54) is 24.2 Å². The van der Waals surface area contributed by atoms with Crippen molar-refractivity contribution in [1.82, 2.24) is 0 Å². The first-order chi connectivity index (χ1) is 8.02. The standard InChI is InChI=1S/C14H24O2S/c1-10-7-15-12(3)13(4)17-9-14(5-6-14)8-16-11(10)2/h12-13H,5-9H2,1-4H3/b11-10-. The van der Waals surface area contributed by atoms with E-state index in [4.69, 9.17) is 9.47 Å². The van der Waals surface area contributed by atoms with Gasteiger partial charge in [-0.05, 0) is 39.2 Å². The lowest BCUT2D eigenvalue weighted by Gasteiger charge is -2.21. The smallest absolute Gasteiger partial charge is 0.0941 e. The van der Waals surface area contributed by atoms with Crippen LogP contribution in [-0.4, -0.2) is 30.3 Å². The van der Waals surface area contributed by atoms with E-state index in [-0.39, 0.29) is 0 Å². The van der Waals surface area contributed by atoms with Crippen molar-refractivity contribution in [2.75, 3.05) is 19.0 Å². The second-order valence-corrected chi connectivity index (χ2v) is 7.02. The predicted molar refractivity (Wildman–Crippen MR) is 73.3 cm³/mol. The average molecular weight is 256 g/mol. The molecule has 0 aromatic rings. The fourth-order valence-corrected chi connectivity index (χ4v) is 3.17. The Hall–Kier alpha value is -0.150. The number of thioether (sulfide) groups is 1. The lowest BCUT2D eigenvalue weighted by atomic mass is 10.1. The summed E-state index contributed by atoms with van der Waals surface area (Å²) in [6, 6.07) is 0. The fraction of sp³-hybridized carbons (Fsp3) is 0.857. The summed E-state index contributed by atoms with van der Waals surface area (Å²) < 4.78 is 11.8. The summed E-state index contributed by atoms with van der Waals surface area (Å²) in [5.41, 5.74) is 1.69. The zero-order chi connectivity index (χ0) is 12.5. The van der Waals surface area contributed by atoms with Crippen molar-refractivity contribution in [3.8, 4) is 0 Å². The highest BCUT2D eigenvalue weighted by Crippen LogP contribution is 2.49. The normalized spacial score (nSPS) is 38.4. The number of hydrogen-bond donors (Lipinski definition) is 0. The Labute approximate surface area is 109 Å². The van der Waals surface area contributed by atoms with Gasteiger partial charge in [-0.15, -0.1) is 0 Å². The minimum Gasteiger partial charge on any atom is -0.498 e. The molecule has 0 saturated heterocycles. The van der Waals surface area contributed by atoms with Crippen LogP contribution in [0.5, 0.6) is 0 Å². The zero-order valence-corrected chi connectivity index (χ0v) is 12.2. The molecule has 1 fully saturated rings. The van der Waals surface area contributed by atoms with E-state index >= 15 is 0 Å². The van der Waals surface area contributed by atoms with Gasteiger partial charge in [0.15, 0.2) is 0 Å². The van der Waals surface area contributed by atoms with Gasteiger partial charge in [0.1, 0.15) is 0 Å². The number of allylic oxidation sites excluding steroid dienone is 1. The Morgan fingerprint density at radius 3 is 2.59 bits per heavy atom. The lowest BCUT2D eigenvalue weighted by Crippen LogP contribution is -2.23. The molecule has 1 spiro atoms. The molecule has 1 aliphatic carbocycles. The third kappa shape index (κ3) is 3.41. The molecule has 98 valence electrons. The summed E-state index contributed by atoms with van der Waals surface area (Å²) >= 11 is 2.04. The van der Waals surface area contributed by atoms with Crippen LogP contribution < -0.4 is 0 Å². The number of hydrogen-bond acceptors (Lipinski definition) is 3. The second-order valence-electron chi connectivity index (χ2n) is 5.66. The lowest BCUT2D eigenvalue weighted by molar-refractivity contribution is 0.0809. The quantitative estimate of drug-likeness (QED) is 0.659. The SMILES string of the molecule is C/C1=C(\C)OCC2(CC2)CSC(C)C(C)OC1. The number of ether oxygens (including phenoxy) is 2. The van der Waals surface area contributed by atoms with Gasteiger partial charge in [-0.25, -0.2) is 0 Å². The molecule has 0 N–H and O–H groups in total. The number of rotatable bonds is 0. The largest absolute Gasteiger partial charge is 0.498 e. The van der Waals surface area contributed by atoms with Gasteiger partial charge >= 0.3 is 0 Å². The summed E-state index contributed by atoms with van der Waals surface area (Å²) in [5, 5.41) is 0.568. The Balaban J connectivity index is 2.05. The van der Waals surface area contributed by atoms with Gasteiger partial charge < -0.3 is 9.47 Å². The first-order valence-corrected chi connectivity index (χ1v) is 7.60. The van der Waals surface area contributed by atoms with Crippen LogP contribution in [0, 0.1) is 5.41 Å². The average Bonchev–Trinajstić information content (AvgIpc) is 3.09. The van der Waals surface area contributed by atoms with Crippen molar-refractivity contribution in [1.29, 1.82) is 0 Å². The van der Waals surface area contributed by atoms with E-state index < -0.39 is 0 Å². The van der Waals surface area contributed by atoms with E-state index in [1.54, 1.807) is 0 Å². The second kappa shape index (κ2) is 5.23. The molecule has 2 rings (SSSR count). The van der Waals surface area contributed by atoms with Crippen molar-refractivity contribution in [3.63, 3.8) is 0 Å². The molecule has 2 nitrogen and oxygen atoms in total. The van der Waals surface area contributed by atoms with E-state index in [0.717, 1.165) is 12.4 Å². The molecule has 0 amide bonds. The molecule has 0 aromatic carbocycles. The molecule has 0 bridgehead atoms. The third-order valence-corrected chi connectivity index (χ3v) is 5.72. The molecule has 17 heavy (non-hydrogen) atoms. The van der Waals surface area contributed by atoms with Crippen molar-refractivity contribution in [2.24, 2.45) is 5.41 Å². The maximum Gasteiger partial charge on any atom is 0.0941 e. The van der Waals surface area contributed by atoms with E-state index in [9.17, 15) is 0 Å². The molecule has 3 heteroatoms. The molecule has 1 saturated carbocycles. The van der Waals surface area contributed by atoms with Crippen LogP contribution in [-0.2, 0) is 9.47 Å². The Bertz CT molecular complexity index is 307. The maximum atomic E-state index is 5.92. The molecular weight excluding hydrogens is 232 g/mol. The van der Waals surface area contributed by atoms with Gasteiger partial charge in [-0.2, -0.15) is 11.8 Å². The fourth-order valence-electron chi connectivity index (χ4n) is 1.83. The monoisotopic (exact) mass is 256 g/mol. The zero-order valence-electron chi connectivity index (χ0n) is 11.4. The first-order valence-electron chi connectivity index (χ1n) is 6.55. The van der Waals surface area contributed by atoms with E-state index in [2.05, 4.69) is 27.7 Å². The molecular formula is C14H24O2S. The maximum absolute atomic E-state index is 5.92. The Kier molecular flexibility index (Phi) is 4.09. The van der Waals surface area contributed by atoms with Crippen molar-refractivity contribution in [3.05, 3.63) is 11.3 Å². The minimum absolute atomic E-state index is 0.316. The molecule has 2 aliphatic rings. The van der Waals surface area contributed by atoms with Gasteiger partial charge in [0.2, 0.25) is 0 Å². The summed E-state index contributed by atoms with van der Waals surface area (Å²) in [4.78, 5) is 0. The summed E-state index contributed by atoms with van der Waals surface area (Å²) in [6.45, 7) is 10.2. The molecule has 0 radical (unpaired) electrons. The van der Waals surface area contributed by atoms with Crippen LogP contribution in [0.1, 0.15) is 40.5 Å². The van der Waals surface area contributed by atoms with Crippen molar-refractivity contribution in [2.45, 2.75) is 51.9 Å². The van der Waals surface area contributed by atoms with Crippen LogP contribution in [0.4, 0.5) is 0 Å². The summed E-state index contributed by atoms with van der Waals surface area (Å²) in [7, 11) is 0. The molecule has 0 aromatic heterocycles. The van der Waals surface area contributed by atoms with E-state index in [1.807, 2.05) is 11.8 Å².